The van der Waals surface area contributed by atoms with Crippen LogP contribution in [0.25, 0.3) is 0 Å². The number of methoxy groups -OCH3 is 2. The topological polar surface area (TPSA) is 31.4 Å². The largest absolute Gasteiger partial charge is 0.481 e. The maximum atomic E-state index is 5.20. The summed E-state index contributed by atoms with van der Waals surface area (Å²) in [4.78, 5) is 4.22. The molecule has 78 valence electrons. The van der Waals surface area contributed by atoms with Crippen LogP contribution >= 0.6 is 0 Å². The molecule has 0 spiro atoms. The van der Waals surface area contributed by atoms with E-state index in [0.29, 0.717) is 17.7 Å². The van der Waals surface area contributed by atoms with Gasteiger partial charge in [0.1, 0.15) is 0 Å². The average Bonchev–Trinajstić information content (AvgIpc) is 2.17. The van der Waals surface area contributed by atoms with Crippen molar-refractivity contribution in [3.05, 3.63) is 17.7 Å². The molecule has 0 saturated heterocycles. The molecule has 0 radical (unpaired) electrons. The number of pyridine rings is 1. The number of hydrogen-bond donors (Lipinski definition) is 0. The lowest BCUT2D eigenvalue weighted by molar-refractivity contribution is 0.359. The van der Waals surface area contributed by atoms with Crippen LogP contribution < -0.4 is 9.47 Å². The Morgan fingerprint density at radius 2 is 1.93 bits per heavy atom. The van der Waals surface area contributed by atoms with Gasteiger partial charge >= 0.3 is 0 Å². The predicted molar refractivity (Wildman–Crippen MR) is 55.9 cm³/mol. The average molecular weight is 195 g/mol. The van der Waals surface area contributed by atoms with Crippen molar-refractivity contribution in [2.45, 2.75) is 20.3 Å². The third-order valence-corrected chi connectivity index (χ3v) is 1.94. The fraction of sp³-hybridized carbons (Fsp3) is 0.545. The third-order valence-electron chi connectivity index (χ3n) is 1.94. The lowest BCUT2D eigenvalue weighted by Gasteiger charge is -2.10. The molecule has 1 rings (SSSR count). The van der Waals surface area contributed by atoms with Gasteiger partial charge in [-0.25, -0.2) is 0 Å². The second kappa shape index (κ2) is 4.84. The Labute approximate surface area is 85.1 Å². The van der Waals surface area contributed by atoms with Crippen LogP contribution in [-0.2, 0) is 6.42 Å². The van der Waals surface area contributed by atoms with E-state index in [1.807, 2.05) is 12.1 Å². The standard InChI is InChI=1S/C11H17NO2/c1-8(2)7-9-5-6-10(13-3)12-11(9)14-4/h5-6,8H,7H2,1-4H3. The molecule has 3 heteroatoms. The minimum Gasteiger partial charge on any atom is -0.481 e. The normalized spacial score (nSPS) is 10.4. The zero-order valence-corrected chi connectivity index (χ0v) is 9.20. The molecule has 0 aliphatic rings. The van der Waals surface area contributed by atoms with E-state index >= 15 is 0 Å². The molecule has 0 N–H and O–H groups in total. The van der Waals surface area contributed by atoms with E-state index in [9.17, 15) is 0 Å². The van der Waals surface area contributed by atoms with Gasteiger partial charge in [0.15, 0.2) is 0 Å². The zero-order chi connectivity index (χ0) is 10.6. The minimum absolute atomic E-state index is 0.592. The van der Waals surface area contributed by atoms with Gasteiger partial charge in [-0.1, -0.05) is 13.8 Å². The fourth-order valence-electron chi connectivity index (χ4n) is 1.34. The number of hydrogen-bond acceptors (Lipinski definition) is 3. The second-order valence-corrected chi connectivity index (χ2v) is 3.62. The van der Waals surface area contributed by atoms with Crippen LogP contribution in [0.3, 0.4) is 0 Å². The number of ether oxygens (including phenoxy) is 2. The first-order valence-electron chi connectivity index (χ1n) is 4.75. The van der Waals surface area contributed by atoms with Gasteiger partial charge in [0.25, 0.3) is 0 Å². The molecule has 0 saturated carbocycles. The molecular weight excluding hydrogens is 178 g/mol. The van der Waals surface area contributed by atoms with Gasteiger partial charge in [0.05, 0.1) is 14.2 Å². The molecule has 1 aromatic heterocycles. The highest BCUT2D eigenvalue weighted by atomic mass is 16.5. The molecule has 0 fully saturated rings. The first-order chi connectivity index (χ1) is 6.67. The van der Waals surface area contributed by atoms with Crippen LogP contribution in [0.4, 0.5) is 0 Å². The van der Waals surface area contributed by atoms with Gasteiger partial charge in [-0.15, -0.1) is 0 Å². The quantitative estimate of drug-likeness (QED) is 0.738. The fourth-order valence-corrected chi connectivity index (χ4v) is 1.34. The minimum atomic E-state index is 0.592. The second-order valence-electron chi connectivity index (χ2n) is 3.62. The van der Waals surface area contributed by atoms with Crippen LogP contribution in [0.5, 0.6) is 11.8 Å². The Kier molecular flexibility index (Phi) is 3.74. The lowest BCUT2D eigenvalue weighted by atomic mass is 10.0. The molecule has 0 atom stereocenters. The zero-order valence-electron chi connectivity index (χ0n) is 9.20. The molecule has 1 aromatic rings. The molecule has 0 aliphatic carbocycles. The molecular formula is C11H17NO2. The molecule has 14 heavy (non-hydrogen) atoms. The van der Waals surface area contributed by atoms with E-state index < -0.39 is 0 Å². The number of nitrogens with zero attached hydrogens (tertiary/aromatic N) is 1. The summed E-state index contributed by atoms with van der Waals surface area (Å²) in [5.41, 5.74) is 1.13. The first-order valence-corrected chi connectivity index (χ1v) is 4.75. The summed E-state index contributed by atoms with van der Waals surface area (Å²) in [6, 6.07) is 3.87. The van der Waals surface area contributed by atoms with Gasteiger partial charge in [-0.3, -0.25) is 0 Å². The van der Waals surface area contributed by atoms with Crippen LogP contribution in [0, 0.1) is 5.92 Å². The van der Waals surface area contributed by atoms with Gasteiger partial charge in [0, 0.05) is 11.6 Å². The van der Waals surface area contributed by atoms with Crippen molar-refractivity contribution >= 4 is 0 Å². The molecule has 0 amide bonds. The van der Waals surface area contributed by atoms with Crippen LogP contribution in [0.15, 0.2) is 12.1 Å². The molecule has 0 aliphatic heterocycles. The van der Waals surface area contributed by atoms with Crippen molar-refractivity contribution < 1.29 is 9.47 Å². The molecule has 1 heterocycles. The first kappa shape index (κ1) is 10.8. The molecule has 3 nitrogen and oxygen atoms in total. The van der Waals surface area contributed by atoms with E-state index in [1.165, 1.54) is 0 Å². The Bertz CT molecular complexity index is 297. The summed E-state index contributed by atoms with van der Waals surface area (Å²) in [6.45, 7) is 4.34. The summed E-state index contributed by atoms with van der Waals surface area (Å²) < 4.78 is 10.2. The van der Waals surface area contributed by atoms with Crippen molar-refractivity contribution in [2.75, 3.05) is 14.2 Å². The summed E-state index contributed by atoms with van der Waals surface area (Å²) in [6.07, 6.45) is 0.972. The smallest absolute Gasteiger partial charge is 0.219 e. The lowest BCUT2D eigenvalue weighted by Crippen LogP contribution is -2.00. The summed E-state index contributed by atoms with van der Waals surface area (Å²) in [5, 5.41) is 0. The van der Waals surface area contributed by atoms with E-state index in [2.05, 4.69) is 18.8 Å². The third kappa shape index (κ3) is 2.62. The van der Waals surface area contributed by atoms with Crippen LogP contribution in [0.2, 0.25) is 0 Å². The SMILES string of the molecule is COc1ccc(CC(C)C)c(OC)n1. The number of rotatable bonds is 4. The van der Waals surface area contributed by atoms with Gasteiger partial charge in [0.2, 0.25) is 11.8 Å². The van der Waals surface area contributed by atoms with E-state index in [-0.39, 0.29) is 0 Å². The van der Waals surface area contributed by atoms with Crippen molar-refractivity contribution in [3.63, 3.8) is 0 Å². The predicted octanol–water partition coefficient (Wildman–Crippen LogP) is 2.30. The van der Waals surface area contributed by atoms with E-state index in [0.717, 1.165) is 12.0 Å². The Morgan fingerprint density at radius 1 is 1.21 bits per heavy atom. The van der Waals surface area contributed by atoms with Crippen LogP contribution in [-0.4, -0.2) is 19.2 Å². The van der Waals surface area contributed by atoms with E-state index in [4.69, 9.17) is 9.47 Å². The van der Waals surface area contributed by atoms with Crippen LogP contribution in [0.1, 0.15) is 19.4 Å². The van der Waals surface area contributed by atoms with Crippen molar-refractivity contribution in [1.29, 1.82) is 0 Å². The summed E-state index contributed by atoms with van der Waals surface area (Å²) in [7, 11) is 3.23. The van der Waals surface area contributed by atoms with Crippen molar-refractivity contribution in [3.8, 4) is 11.8 Å². The Hall–Kier alpha value is -1.25. The van der Waals surface area contributed by atoms with Gasteiger partial charge in [-0.2, -0.15) is 4.98 Å². The Morgan fingerprint density at radius 3 is 2.43 bits per heavy atom. The molecule has 0 bridgehead atoms. The highest BCUT2D eigenvalue weighted by Gasteiger charge is 2.07. The van der Waals surface area contributed by atoms with Gasteiger partial charge < -0.3 is 9.47 Å². The van der Waals surface area contributed by atoms with Gasteiger partial charge in [-0.05, 0) is 18.4 Å². The molecule has 0 unspecified atom stereocenters. The highest BCUT2D eigenvalue weighted by molar-refractivity contribution is 5.30. The van der Waals surface area contributed by atoms with E-state index in [1.54, 1.807) is 14.2 Å². The summed E-state index contributed by atoms with van der Waals surface area (Å²) >= 11 is 0. The summed E-state index contributed by atoms with van der Waals surface area (Å²) in [5.74, 6) is 1.85. The monoisotopic (exact) mass is 195 g/mol. The maximum absolute atomic E-state index is 5.20. The molecule has 0 aromatic carbocycles. The van der Waals surface area contributed by atoms with Crippen molar-refractivity contribution in [1.82, 2.24) is 4.98 Å². The number of aromatic nitrogens is 1. The Balaban J connectivity index is 2.93. The highest BCUT2D eigenvalue weighted by Crippen LogP contribution is 2.22. The van der Waals surface area contributed by atoms with Crippen molar-refractivity contribution in [2.24, 2.45) is 5.92 Å². The maximum Gasteiger partial charge on any atom is 0.219 e.